The van der Waals surface area contributed by atoms with Crippen molar-refractivity contribution in [3.63, 3.8) is 0 Å². The molecule has 90 valence electrons. The number of rotatable bonds is 5. The second-order valence-corrected chi connectivity index (χ2v) is 5.27. The zero-order chi connectivity index (χ0) is 11.4. The van der Waals surface area contributed by atoms with E-state index in [2.05, 4.69) is 22.6 Å². The molecule has 0 radical (unpaired) electrons. The maximum absolute atomic E-state index is 5.72. The molecule has 1 N–H and O–H groups in total. The summed E-state index contributed by atoms with van der Waals surface area (Å²) in [6.45, 7) is 6.06. The van der Waals surface area contributed by atoms with E-state index in [1.54, 1.807) is 11.3 Å². The molecular formula is C12H20N2OS. The Kier molecular flexibility index (Phi) is 4.32. The average Bonchev–Trinajstić information content (AvgIpc) is 2.91. The third-order valence-corrected chi connectivity index (χ3v) is 4.00. The van der Waals surface area contributed by atoms with Crippen molar-refractivity contribution in [2.24, 2.45) is 0 Å². The molecule has 1 aromatic heterocycles. The molecule has 3 nitrogen and oxygen atoms in total. The number of aromatic nitrogens is 1. The molecule has 2 unspecified atom stereocenters. The Balaban J connectivity index is 1.82. The third kappa shape index (κ3) is 3.03. The number of hydrogen-bond donors (Lipinski definition) is 1. The van der Waals surface area contributed by atoms with E-state index in [-0.39, 0.29) is 0 Å². The lowest BCUT2D eigenvalue weighted by atomic mass is 10.1. The van der Waals surface area contributed by atoms with E-state index >= 15 is 0 Å². The summed E-state index contributed by atoms with van der Waals surface area (Å²) >= 11 is 1.73. The molecule has 16 heavy (non-hydrogen) atoms. The van der Waals surface area contributed by atoms with Gasteiger partial charge >= 0.3 is 0 Å². The van der Waals surface area contributed by atoms with Crippen LogP contribution in [0.2, 0.25) is 0 Å². The summed E-state index contributed by atoms with van der Waals surface area (Å²) in [6, 6.07) is 0.478. The van der Waals surface area contributed by atoms with Crippen LogP contribution in [-0.2, 0) is 11.3 Å². The Morgan fingerprint density at radius 2 is 2.56 bits per heavy atom. The van der Waals surface area contributed by atoms with E-state index in [0.717, 1.165) is 25.3 Å². The summed E-state index contributed by atoms with van der Waals surface area (Å²) in [4.78, 5) is 4.46. The van der Waals surface area contributed by atoms with Gasteiger partial charge in [0.1, 0.15) is 5.01 Å². The molecular weight excluding hydrogens is 220 g/mol. The zero-order valence-corrected chi connectivity index (χ0v) is 10.8. The highest BCUT2D eigenvalue weighted by Gasteiger charge is 2.24. The lowest BCUT2D eigenvalue weighted by molar-refractivity contribution is 0.0764. The van der Waals surface area contributed by atoms with Gasteiger partial charge in [-0.3, -0.25) is 0 Å². The van der Waals surface area contributed by atoms with Crippen molar-refractivity contribution < 1.29 is 4.74 Å². The molecule has 0 spiro atoms. The molecule has 1 fully saturated rings. The molecule has 1 aromatic rings. The van der Waals surface area contributed by atoms with Crippen molar-refractivity contribution in [3.8, 4) is 0 Å². The van der Waals surface area contributed by atoms with E-state index in [9.17, 15) is 0 Å². The fourth-order valence-corrected chi connectivity index (χ4v) is 2.88. The number of aryl methyl sites for hydroxylation is 1. The predicted molar refractivity (Wildman–Crippen MR) is 66.7 cm³/mol. The van der Waals surface area contributed by atoms with Crippen LogP contribution in [0, 0.1) is 6.92 Å². The molecule has 0 aliphatic carbocycles. The highest BCUT2D eigenvalue weighted by Crippen LogP contribution is 2.18. The number of ether oxygens (including phenoxy) is 1. The highest BCUT2D eigenvalue weighted by atomic mass is 32.1. The van der Waals surface area contributed by atoms with Gasteiger partial charge in [-0.15, -0.1) is 11.3 Å². The number of nitrogens with one attached hydrogen (secondary N) is 1. The largest absolute Gasteiger partial charge is 0.377 e. The standard InChI is InChI=1S/C12H20N2OS/c1-3-10(11-5-4-6-15-11)13-7-12-14-9(2)8-16-12/h8,10-11,13H,3-7H2,1-2H3. The van der Waals surface area contributed by atoms with Gasteiger partial charge in [0, 0.05) is 30.3 Å². The van der Waals surface area contributed by atoms with E-state index in [1.807, 2.05) is 6.92 Å². The Bertz CT molecular complexity index is 321. The van der Waals surface area contributed by atoms with Gasteiger partial charge in [-0.2, -0.15) is 0 Å². The minimum absolute atomic E-state index is 0.408. The van der Waals surface area contributed by atoms with Crippen molar-refractivity contribution in [2.45, 2.75) is 51.8 Å². The van der Waals surface area contributed by atoms with E-state index in [1.165, 1.54) is 17.8 Å². The molecule has 1 saturated heterocycles. The molecule has 4 heteroatoms. The maximum atomic E-state index is 5.72. The van der Waals surface area contributed by atoms with Gasteiger partial charge in [-0.25, -0.2) is 4.98 Å². The van der Waals surface area contributed by atoms with E-state index in [0.29, 0.717) is 12.1 Å². The van der Waals surface area contributed by atoms with Crippen LogP contribution >= 0.6 is 11.3 Å². The Morgan fingerprint density at radius 1 is 1.69 bits per heavy atom. The Morgan fingerprint density at radius 3 is 3.12 bits per heavy atom. The Labute approximate surface area is 101 Å². The first kappa shape index (κ1) is 12.0. The van der Waals surface area contributed by atoms with Crippen LogP contribution in [0.5, 0.6) is 0 Å². The van der Waals surface area contributed by atoms with Crippen molar-refractivity contribution in [3.05, 3.63) is 16.1 Å². The average molecular weight is 240 g/mol. The summed E-state index contributed by atoms with van der Waals surface area (Å²) in [5.74, 6) is 0. The van der Waals surface area contributed by atoms with Crippen molar-refractivity contribution in [1.82, 2.24) is 10.3 Å². The molecule has 1 aliphatic heterocycles. The molecule has 0 bridgehead atoms. The molecule has 0 saturated carbocycles. The number of hydrogen-bond acceptors (Lipinski definition) is 4. The summed E-state index contributed by atoms with van der Waals surface area (Å²) in [7, 11) is 0. The molecule has 2 heterocycles. The minimum Gasteiger partial charge on any atom is -0.377 e. The molecule has 0 aromatic carbocycles. The molecule has 2 rings (SSSR count). The third-order valence-electron chi connectivity index (χ3n) is 3.04. The molecule has 1 aliphatic rings. The second kappa shape index (κ2) is 5.75. The second-order valence-electron chi connectivity index (χ2n) is 4.33. The first-order valence-electron chi connectivity index (χ1n) is 6.05. The van der Waals surface area contributed by atoms with Gasteiger partial charge in [0.25, 0.3) is 0 Å². The van der Waals surface area contributed by atoms with Crippen LogP contribution in [-0.4, -0.2) is 23.7 Å². The van der Waals surface area contributed by atoms with Gasteiger partial charge in [0.15, 0.2) is 0 Å². The SMILES string of the molecule is CCC(NCc1nc(C)cs1)C1CCCO1. The van der Waals surface area contributed by atoms with Gasteiger partial charge in [-0.05, 0) is 26.2 Å². The van der Waals surface area contributed by atoms with Crippen molar-refractivity contribution >= 4 is 11.3 Å². The quantitative estimate of drug-likeness (QED) is 0.858. The van der Waals surface area contributed by atoms with Crippen LogP contribution < -0.4 is 5.32 Å². The van der Waals surface area contributed by atoms with Crippen molar-refractivity contribution in [2.75, 3.05) is 6.61 Å². The smallest absolute Gasteiger partial charge is 0.107 e. The summed E-state index contributed by atoms with van der Waals surface area (Å²) in [5.41, 5.74) is 1.12. The number of thiazole rings is 1. The van der Waals surface area contributed by atoms with Crippen LogP contribution in [0.1, 0.15) is 36.9 Å². The first-order valence-corrected chi connectivity index (χ1v) is 6.93. The molecule has 0 amide bonds. The van der Waals surface area contributed by atoms with E-state index in [4.69, 9.17) is 4.74 Å². The van der Waals surface area contributed by atoms with Crippen molar-refractivity contribution in [1.29, 1.82) is 0 Å². The van der Waals surface area contributed by atoms with Gasteiger partial charge < -0.3 is 10.1 Å². The topological polar surface area (TPSA) is 34.2 Å². The van der Waals surface area contributed by atoms with Crippen LogP contribution in [0.3, 0.4) is 0 Å². The zero-order valence-electron chi connectivity index (χ0n) is 10.0. The maximum Gasteiger partial charge on any atom is 0.107 e. The minimum atomic E-state index is 0.408. The fourth-order valence-electron chi connectivity index (χ4n) is 2.16. The van der Waals surface area contributed by atoms with E-state index < -0.39 is 0 Å². The number of nitrogens with zero attached hydrogens (tertiary/aromatic N) is 1. The fraction of sp³-hybridized carbons (Fsp3) is 0.750. The van der Waals surface area contributed by atoms with Gasteiger partial charge in [-0.1, -0.05) is 6.92 Å². The first-order chi connectivity index (χ1) is 7.79. The predicted octanol–water partition coefficient (Wildman–Crippen LogP) is 2.50. The van der Waals surface area contributed by atoms with Gasteiger partial charge in [0.05, 0.1) is 6.10 Å². The summed E-state index contributed by atoms with van der Waals surface area (Å²) < 4.78 is 5.72. The van der Waals surface area contributed by atoms with Crippen LogP contribution in [0.25, 0.3) is 0 Å². The molecule has 2 atom stereocenters. The Hall–Kier alpha value is -0.450. The monoisotopic (exact) mass is 240 g/mol. The normalized spacial score (nSPS) is 22.5. The summed E-state index contributed by atoms with van der Waals surface area (Å²) in [6.07, 6.45) is 3.93. The lowest BCUT2D eigenvalue weighted by Crippen LogP contribution is -2.38. The van der Waals surface area contributed by atoms with Crippen LogP contribution in [0.15, 0.2) is 5.38 Å². The lowest BCUT2D eigenvalue weighted by Gasteiger charge is -2.22. The van der Waals surface area contributed by atoms with Crippen LogP contribution in [0.4, 0.5) is 0 Å². The summed E-state index contributed by atoms with van der Waals surface area (Å²) in [5, 5.41) is 6.84. The highest BCUT2D eigenvalue weighted by molar-refractivity contribution is 7.09. The van der Waals surface area contributed by atoms with Gasteiger partial charge in [0.2, 0.25) is 0 Å².